The van der Waals surface area contributed by atoms with E-state index in [0.29, 0.717) is 5.75 Å². The Morgan fingerprint density at radius 3 is 3.15 bits per heavy atom. The molecule has 0 aliphatic carbocycles. The van der Waals surface area contributed by atoms with Crippen molar-refractivity contribution in [2.75, 3.05) is 17.6 Å². The van der Waals surface area contributed by atoms with Crippen LogP contribution in [0.2, 0.25) is 0 Å². The van der Waals surface area contributed by atoms with Gasteiger partial charge in [-0.05, 0) is 48.7 Å². The summed E-state index contributed by atoms with van der Waals surface area (Å²) in [6.07, 6.45) is 3.86. The normalized spacial score (nSPS) is 13.6. The monoisotopic (exact) mass is 287 g/mol. The predicted octanol–water partition coefficient (Wildman–Crippen LogP) is 3.75. The highest BCUT2D eigenvalue weighted by Gasteiger charge is 2.12. The minimum absolute atomic E-state index is 0.190. The van der Waals surface area contributed by atoms with Gasteiger partial charge in [0.1, 0.15) is 5.76 Å². The lowest BCUT2D eigenvalue weighted by atomic mass is 9.99. The molecule has 1 aliphatic rings. The third-order valence-corrected chi connectivity index (χ3v) is 4.38. The molecular weight excluding hydrogens is 270 g/mol. The van der Waals surface area contributed by atoms with E-state index in [1.807, 2.05) is 30.3 Å². The first kappa shape index (κ1) is 13.3. The first-order valence-corrected chi connectivity index (χ1v) is 7.98. The molecule has 2 heterocycles. The van der Waals surface area contributed by atoms with Crippen molar-refractivity contribution in [3.8, 4) is 0 Å². The van der Waals surface area contributed by atoms with Gasteiger partial charge < -0.3 is 9.73 Å². The maximum atomic E-state index is 12.2. The second-order valence-corrected chi connectivity index (χ2v) is 5.88. The Balaban J connectivity index is 1.59. The van der Waals surface area contributed by atoms with Crippen molar-refractivity contribution in [3.05, 3.63) is 53.5 Å². The fraction of sp³-hybridized carbons (Fsp3) is 0.312. The molecule has 1 N–H and O–H groups in total. The van der Waals surface area contributed by atoms with Crippen LogP contribution in [-0.4, -0.2) is 18.1 Å². The minimum atomic E-state index is 0.190. The molecule has 4 heteroatoms. The topological polar surface area (TPSA) is 42.2 Å². The first-order chi connectivity index (χ1) is 9.83. The van der Waals surface area contributed by atoms with E-state index < -0.39 is 0 Å². The zero-order chi connectivity index (χ0) is 13.8. The fourth-order valence-corrected chi connectivity index (χ4v) is 3.19. The summed E-state index contributed by atoms with van der Waals surface area (Å²) in [7, 11) is 0. The van der Waals surface area contributed by atoms with Crippen LogP contribution in [0.15, 0.2) is 41.0 Å². The maximum Gasteiger partial charge on any atom is 0.172 e. The van der Waals surface area contributed by atoms with E-state index in [1.54, 1.807) is 18.0 Å². The maximum absolute atomic E-state index is 12.2. The minimum Gasteiger partial charge on any atom is -0.468 e. The van der Waals surface area contributed by atoms with Gasteiger partial charge in [-0.15, -0.1) is 11.8 Å². The number of Topliss-reactive ketones (excluding diaryl/α,β-unsaturated/α-hetero) is 1. The molecule has 1 aromatic heterocycles. The van der Waals surface area contributed by atoms with Crippen LogP contribution < -0.4 is 5.32 Å². The van der Waals surface area contributed by atoms with Crippen molar-refractivity contribution >= 4 is 23.2 Å². The van der Waals surface area contributed by atoms with Gasteiger partial charge >= 0.3 is 0 Å². The number of furan rings is 1. The highest BCUT2D eigenvalue weighted by Crippen LogP contribution is 2.24. The molecule has 3 rings (SSSR count). The molecule has 1 aromatic carbocycles. The van der Waals surface area contributed by atoms with Crippen molar-refractivity contribution in [2.45, 2.75) is 18.6 Å². The second-order valence-electron chi connectivity index (χ2n) is 4.90. The first-order valence-electron chi connectivity index (χ1n) is 6.83. The van der Waals surface area contributed by atoms with Crippen LogP contribution >= 0.6 is 11.8 Å². The number of hydrogen-bond acceptors (Lipinski definition) is 4. The smallest absolute Gasteiger partial charge is 0.172 e. The number of fused-ring (bicyclic) bond motifs is 1. The summed E-state index contributed by atoms with van der Waals surface area (Å²) in [4.78, 5) is 12.2. The van der Waals surface area contributed by atoms with Crippen LogP contribution in [0.25, 0.3) is 0 Å². The van der Waals surface area contributed by atoms with E-state index in [2.05, 4.69) is 5.32 Å². The molecule has 0 atom stereocenters. The van der Waals surface area contributed by atoms with E-state index in [1.165, 1.54) is 11.3 Å². The third-order valence-electron chi connectivity index (χ3n) is 3.42. The summed E-state index contributed by atoms with van der Waals surface area (Å²) in [5.41, 5.74) is 3.26. The third kappa shape index (κ3) is 3.07. The number of carbonyl (C=O) groups is 1. The number of thioether (sulfide) groups is 1. The summed E-state index contributed by atoms with van der Waals surface area (Å²) in [6.45, 7) is 1.03. The van der Waals surface area contributed by atoms with Gasteiger partial charge in [-0.2, -0.15) is 0 Å². The summed E-state index contributed by atoms with van der Waals surface area (Å²) >= 11 is 1.59. The number of carbonyl (C=O) groups excluding carboxylic acids is 1. The zero-order valence-corrected chi connectivity index (χ0v) is 12.0. The molecule has 1 aliphatic heterocycles. The van der Waals surface area contributed by atoms with E-state index in [9.17, 15) is 4.79 Å². The Labute approximate surface area is 122 Å². The van der Waals surface area contributed by atoms with E-state index >= 15 is 0 Å². The number of rotatable bonds is 5. The highest BCUT2D eigenvalue weighted by molar-refractivity contribution is 7.99. The van der Waals surface area contributed by atoms with Crippen LogP contribution in [-0.2, 0) is 12.2 Å². The molecule has 104 valence electrons. The largest absolute Gasteiger partial charge is 0.468 e. The van der Waals surface area contributed by atoms with Crippen LogP contribution in [0.1, 0.15) is 28.1 Å². The quantitative estimate of drug-likeness (QED) is 0.850. The molecule has 2 aromatic rings. The van der Waals surface area contributed by atoms with E-state index in [4.69, 9.17) is 4.42 Å². The van der Waals surface area contributed by atoms with Crippen molar-refractivity contribution < 1.29 is 9.21 Å². The number of ketones is 1. The van der Waals surface area contributed by atoms with E-state index in [0.717, 1.165) is 36.5 Å². The van der Waals surface area contributed by atoms with Gasteiger partial charge in [-0.3, -0.25) is 4.79 Å². The lowest BCUT2D eigenvalue weighted by molar-refractivity contribution is 0.102. The molecule has 0 bridgehead atoms. The van der Waals surface area contributed by atoms with Gasteiger partial charge in [0.25, 0.3) is 0 Å². The van der Waals surface area contributed by atoms with E-state index in [-0.39, 0.29) is 5.78 Å². The number of anilines is 1. The average molecular weight is 287 g/mol. The Bertz CT molecular complexity index is 593. The molecule has 3 nitrogen and oxygen atoms in total. The summed E-state index contributed by atoms with van der Waals surface area (Å²) < 4.78 is 5.26. The second kappa shape index (κ2) is 6.18. The summed E-state index contributed by atoms with van der Waals surface area (Å²) in [5, 5.41) is 3.36. The molecule has 0 saturated carbocycles. The van der Waals surface area contributed by atoms with Gasteiger partial charge in [0, 0.05) is 17.8 Å². The molecular formula is C16H17NO2S. The molecule has 0 saturated heterocycles. The van der Waals surface area contributed by atoms with Gasteiger partial charge in [0.05, 0.1) is 17.8 Å². The highest BCUT2D eigenvalue weighted by atomic mass is 32.2. The molecule has 0 spiro atoms. The molecule has 20 heavy (non-hydrogen) atoms. The molecule has 0 radical (unpaired) electrons. The lowest BCUT2D eigenvalue weighted by Crippen LogP contribution is -2.13. The van der Waals surface area contributed by atoms with Crippen molar-refractivity contribution in [3.63, 3.8) is 0 Å². The Hall–Kier alpha value is -1.68. The summed E-state index contributed by atoms with van der Waals surface area (Å²) in [5.74, 6) is 2.34. The Morgan fingerprint density at radius 2 is 2.30 bits per heavy atom. The van der Waals surface area contributed by atoms with Gasteiger partial charge in [-0.25, -0.2) is 0 Å². The number of nitrogens with one attached hydrogen (secondary N) is 1. The van der Waals surface area contributed by atoms with Crippen molar-refractivity contribution in [1.82, 2.24) is 0 Å². The van der Waals surface area contributed by atoms with Crippen LogP contribution in [0.5, 0.6) is 0 Å². The standard InChI is InChI=1S/C16H17NO2S/c18-16(11-20-10-14-4-2-8-19-14)13-5-6-15-12(9-13)3-1-7-17-15/h2,4-6,8-9,17H,1,3,7,10-11H2. The number of hydrogen-bond donors (Lipinski definition) is 1. The molecule has 0 fully saturated rings. The predicted molar refractivity (Wildman–Crippen MR) is 82.5 cm³/mol. The molecule has 0 amide bonds. The van der Waals surface area contributed by atoms with Gasteiger partial charge in [0.2, 0.25) is 0 Å². The Kier molecular flexibility index (Phi) is 4.11. The van der Waals surface area contributed by atoms with Crippen LogP contribution in [0.4, 0.5) is 5.69 Å². The lowest BCUT2D eigenvalue weighted by Gasteiger charge is -2.18. The fourth-order valence-electron chi connectivity index (χ4n) is 2.37. The van der Waals surface area contributed by atoms with Crippen molar-refractivity contribution in [1.29, 1.82) is 0 Å². The summed E-state index contributed by atoms with van der Waals surface area (Å²) in [6, 6.07) is 9.79. The number of aryl methyl sites for hydroxylation is 1. The SMILES string of the molecule is O=C(CSCc1ccco1)c1ccc2c(c1)CCCN2. The zero-order valence-electron chi connectivity index (χ0n) is 11.2. The van der Waals surface area contributed by atoms with Crippen molar-refractivity contribution in [2.24, 2.45) is 0 Å². The van der Waals surface area contributed by atoms with Gasteiger partial charge in [-0.1, -0.05) is 0 Å². The average Bonchev–Trinajstić information content (AvgIpc) is 3.00. The number of benzene rings is 1. The van der Waals surface area contributed by atoms with Crippen LogP contribution in [0, 0.1) is 0 Å². The van der Waals surface area contributed by atoms with Crippen LogP contribution in [0.3, 0.4) is 0 Å². The Morgan fingerprint density at radius 1 is 1.35 bits per heavy atom. The van der Waals surface area contributed by atoms with Gasteiger partial charge in [0.15, 0.2) is 5.78 Å². The molecule has 0 unspecified atom stereocenters.